The Morgan fingerprint density at radius 2 is 1.12 bits per heavy atom. The van der Waals surface area contributed by atoms with Crippen molar-refractivity contribution in [3.8, 4) is 0 Å². The average molecular weight is 338 g/mol. The summed E-state index contributed by atoms with van der Waals surface area (Å²) in [4.78, 5) is 44.7. The number of carbonyl (C=O) groups excluding carboxylic acids is 2. The summed E-state index contributed by atoms with van der Waals surface area (Å²) in [5, 5.41) is 17.0. The summed E-state index contributed by atoms with van der Waals surface area (Å²) in [6.45, 7) is -0.153. The van der Waals surface area contributed by atoms with Gasteiger partial charge in [-0.15, -0.1) is 0 Å². The molecule has 2 N–H and O–H groups in total. The molecule has 0 bridgehead atoms. The number of hydrogen-bond donors (Lipinski definition) is 2. The van der Waals surface area contributed by atoms with Gasteiger partial charge in [-0.2, -0.15) is 0 Å². The molecule has 1 aromatic carbocycles. The fourth-order valence-electron chi connectivity index (χ4n) is 1.77. The van der Waals surface area contributed by atoms with Gasteiger partial charge in [0.05, 0.1) is 24.3 Å². The van der Waals surface area contributed by atoms with Crippen LogP contribution in [-0.2, 0) is 19.1 Å². The molecule has 0 amide bonds. The van der Waals surface area contributed by atoms with Crippen LogP contribution >= 0.6 is 0 Å². The average Bonchev–Trinajstić information content (AvgIpc) is 2.54. The van der Waals surface area contributed by atoms with Crippen LogP contribution in [-0.4, -0.2) is 47.3 Å². The highest BCUT2D eigenvalue weighted by Gasteiger charge is 2.19. The van der Waals surface area contributed by atoms with E-state index in [0.29, 0.717) is 0 Å². The molecule has 0 unspecified atom stereocenters. The molecule has 1 rings (SSSR count). The molecule has 1 aromatic rings. The number of carbonyl (C=O) groups is 4. The highest BCUT2D eigenvalue weighted by atomic mass is 16.5. The van der Waals surface area contributed by atoms with Gasteiger partial charge in [-0.25, -0.2) is 9.59 Å². The fraction of sp³-hybridized carbons (Fsp3) is 0.375. The van der Waals surface area contributed by atoms with Crippen LogP contribution in [0.25, 0.3) is 0 Å². The van der Waals surface area contributed by atoms with Gasteiger partial charge >= 0.3 is 23.9 Å². The largest absolute Gasteiger partial charge is 0.481 e. The van der Waals surface area contributed by atoms with Gasteiger partial charge in [-0.3, -0.25) is 9.59 Å². The Labute approximate surface area is 138 Å². The van der Waals surface area contributed by atoms with E-state index in [2.05, 4.69) is 0 Å². The molecule has 0 atom stereocenters. The number of carboxylic acid groups (broad SMARTS) is 2. The van der Waals surface area contributed by atoms with Gasteiger partial charge in [-0.1, -0.05) is 12.1 Å². The number of hydrogen-bond acceptors (Lipinski definition) is 6. The smallest absolute Gasteiger partial charge is 0.339 e. The zero-order valence-corrected chi connectivity index (χ0v) is 12.9. The minimum atomic E-state index is -0.989. The molecule has 0 aliphatic carbocycles. The summed E-state index contributed by atoms with van der Waals surface area (Å²) in [7, 11) is 0. The van der Waals surface area contributed by atoms with Gasteiger partial charge in [0.25, 0.3) is 0 Å². The second kappa shape index (κ2) is 9.98. The van der Waals surface area contributed by atoms with Crippen molar-refractivity contribution in [1.29, 1.82) is 0 Å². The van der Waals surface area contributed by atoms with E-state index in [0.717, 1.165) is 0 Å². The molecule has 0 aromatic heterocycles. The number of rotatable bonds is 10. The zero-order chi connectivity index (χ0) is 17.9. The first-order valence-electron chi connectivity index (χ1n) is 7.28. The maximum atomic E-state index is 12.0. The van der Waals surface area contributed by atoms with Crippen LogP contribution in [0.2, 0.25) is 0 Å². The van der Waals surface area contributed by atoms with E-state index in [1.54, 1.807) is 12.1 Å². The second-order valence-electron chi connectivity index (χ2n) is 4.81. The lowest BCUT2D eigenvalue weighted by molar-refractivity contribution is -0.138. The Morgan fingerprint density at radius 1 is 0.750 bits per heavy atom. The Kier molecular flexibility index (Phi) is 7.97. The first-order chi connectivity index (χ1) is 11.4. The normalized spacial score (nSPS) is 10.0. The minimum absolute atomic E-state index is 0.0102. The molecule has 24 heavy (non-hydrogen) atoms. The van der Waals surface area contributed by atoms with Crippen LogP contribution in [0.3, 0.4) is 0 Å². The number of carboxylic acids is 2. The summed E-state index contributed by atoms with van der Waals surface area (Å²) < 4.78 is 9.88. The van der Waals surface area contributed by atoms with E-state index in [-0.39, 0.29) is 50.0 Å². The molecule has 0 radical (unpaired) electrons. The van der Waals surface area contributed by atoms with Crippen molar-refractivity contribution in [1.82, 2.24) is 0 Å². The topological polar surface area (TPSA) is 127 Å². The van der Waals surface area contributed by atoms with Gasteiger partial charge < -0.3 is 19.7 Å². The molecule has 0 spiro atoms. The minimum Gasteiger partial charge on any atom is -0.481 e. The summed E-state index contributed by atoms with van der Waals surface area (Å²) in [5.74, 6) is -3.48. The molecule has 8 heteroatoms. The van der Waals surface area contributed by atoms with Crippen molar-refractivity contribution in [2.45, 2.75) is 25.7 Å². The van der Waals surface area contributed by atoms with Crippen LogP contribution in [0.4, 0.5) is 0 Å². The van der Waals surface area contributed by atoms with Crippen molar-refractivity contribution >= 4 is 23.9 Å². The van der Waals surface area contributed by atoms with Gasteiger partial charge in [-0.05, 0) is 25.0 Å². The SMILES string of the molecule is O=C(O)CCCOC(=O)c1ccccc1C(=O)OCCCC(=O)O. The fourth-order valence-corrected chi connectivity index (χ4v) is 1.77. The second-order valence-corrected chi connectivity index (χ2v) is 4.81. The van der Waals surface area contributed by atoms with Crippen LogP contribution in [0.1, 0.15) is 46.4 Å². The number of ether oxygens (including phenoxy) is 2. The first-order valence-corrected chi connectivity index (χ1v) is 7.28. The van der Waals surface area contributed by atoms with E-state index >= 15 is 0 Å². The lowest BCUT2D eigenvalue weighted by Gasteiger charge is -2.09. The molecule has 0 aliphatic rings. The predicted octanol–water partition coefficient (Wildman–Crippen LogP) is 1.73. The van der Waals surface area contributed by atoms with Gasteiger partial charge in [0.2, 0.25) is 0 Å². The quantitative estimate of drug-likeness (QED) is 0.488. The predicted molar refractivity (Wildman–Crippen MR) is 80.7 cm³/mol. The monoisotopic (exact) mass is 338 g/mol. The molecule has 130 valence electrons. The van der Waals surface area contributed by atoms with Crippen molar-refractivity contribution in [3.05, 3.63) is 35.4 Å². The molecule has 0 saturated heterocycles. The molecule has 0 fully saturated rings. The number of aliphatic carboxylic acids is 2. The van der Waals surface area contributed by atoms with E-state index in [1.807, 2.05) is 0 Å². The lowest BCUT2D eigenvalue weighted by Crippen LogP contribution is -2.15. The Balaban J connectivity index is 2.59. The van der Waals surface area contributed by atoms with Gasteiger partial charge in [0.1, 0.15) is 0 Å². The molecular weight excluding hydrogens is 320 g/mol. The summed E-state index contributed by atoms with van der Waals surface area (Å²) >= 11 is 0. The van der Waals surface area contributed by atoms with Crippen LogP contribution in [0.5, 0.6) is 0 Å². The summed E-state index contributed by atoms with van der Waals surface area (Å²) in [6.07, 6.45) is 0.0901. The van der Waals surface area contributed by atoms with E-state index in [4.69, 9.17) is 19.7 Å². The third kappa shape index (κ3) is 6.91. The van der Waals surface area contributed by atoms with Gasteiger partial charge in [0, 0.05) is 12.8 Å². The van der Waals surface area contributed by atoms with Crippen LogP contribution in [0.15, 0.2) is 24.3 Å². The van der Waals surface area contributed by atoms with Crippen molar-refractivity contribution in [3.63, 3.8) is 0 Å². The van der Waals surface area contributed by atoms with Crippen molar-refractivity contribution < 1.29 is 38.9 Å². The molecule has 0 saturated carbocycles. The zero-order valence-electron chi connectivity index (χ0n) is 12.9. The maximum Gasteiger partial charge on any atom is 0.339 e. The Morgan fingerprint density at radius 3 is 1.46 bits per heavy atom. The van der Waals surface area contributed by atoms with Crippen molar-refractivity contribution in [2.75, 3.05) is 13.2 Å². The summed E-state index contributed by atoms with van der Waals surface area (Å²) in [5.41, 5.74) is 0.0205. The number of esters is 2. The lowest BCUT2D eigenvalue weighted by atomic mass is 10.1. The maximum absolute atomic E-state index is 12.0. The molecule has 0 aliphatic heterocycles. The highest BCUT2D eigenvalue weighted by molar-refractivity contribution is 6.03. The molecular formula is C16H18O8. The summed E-state index contributed by atoms with van der Waals surface area (Å²) in [6, 6.07) is 5.89. The third-order valence-corrected chi connectivity index (χ3v) is 2.90. The van der Waals surface area contributed by atoms with Gasteiger partial charge in [0.15, 0.2) is 0 Å². The van der Waals surface area contributed by atoms with E-state index in [1.165, 1.54) is 12.1 Å². The standard InChI is InChI=1S/C16H18O8/c17-13(18)7-3-9-23-15(21)11-5-1-2-6-12(11)16(22)24-10-4-8-14(19)20/h1-2,5-6H,3-4,7-10H2,(H,17,18)(H,19,20). The molecule has 0 heterocycles. The van der Waals surface area contributed by atoms with Crippen molar-refractivity contribution in [2.24, 2.45) is 0 Å². The Bertz CT molecular complexity index is 555. The first kappa shape index (κ1) is 19.1. The molecule has 8 nitrogen and oxygen atoms in total. The Hall–Kier alpha value is -2.90. The third-order valence-electron chi connectivity index (χ3n) is 2.90. The van der Waals surface area contributed by atoms with Crippen LogP contribution in [0, 0.1) is 0 Å². The highest BCUT2D eigenvalue weighted by Crippen LogP contribution is 2.12. The van der Waals surface area contributed by atoms with E-state index in [9.17, 15) is 19.2 Å². The van der Waals surface area contributed by atoms with E-state index < -0.39 is 23.9 Å². The number of benzene rings is 1. The van der Waals surface area contributed by atoms with Crippen LogP contribution < -0.4 is 0 Å².